The van der Waals surface area contributed by atoms with Crippen molar-refractivity contribution in [3.8, 4) is 0 Å². The van der Waals surface area contributed by atoms with E-state index in [-0.39, 0.29) is 5.56 Å². The quantitative estimate of drug-likeness (QED) is 0.651. The maximum Gasteiger partial charge on any atom is 0.278 e. The monoisotopic (exact) mass is 247 g/mol. The number of aromatic amines is 2. The SMILES string of the molecule is O=c1[nH]c(NCc2ccsc2)nc2nc[nH]c12. The minimum absolute atomic E-state index is 0.222. The Balaban J connectivity index is 1.88. The molecule has 0 aliphatic carbocycles. The van der Waals surface area contributed by atoms with Crippen LogP contribution in [0.15, 0.2) is 27.9 Å². The summed E-state index contributed by atoms with van der Waals surface area (Å²) in [5.74, 6) is 0.431. The minimum atomic E-state index is -0.222. The molecule has 3 N–H and O–H groups in total. The Bertz CT molecular complexity index is 684. The third-order valence-electron chi connectivity index (χ3n) is 2.34. The van der Waals surface area contributed by atoms with Gasteiger partial charge >= 0.3 is 0 Å². The number of imidazole rings is 1. The lowest BCUT2D eigenvalue weighted by molar-refractivity contribution is 1.06. The van der Waals surface area contributed by atoms with Gasteiger partial charge in [-0.2, -0.15) is 16.3 Å². The van der Waals surface area contributed by atoms with Crippen molar-refractivity contribution < 1.29 is 0 Å². The zero-order chi connectivity index (χ0) is 11.7. The highest BCUT2D eigenvalue weighted by Crippen LogP contribution is 2.08. The van der Waals surface area contributed by atoms with Crippen LogP contribution in [0.25, 0.3) is 11.2 Å². The number of hydrogen-bond donors (Lipinski definition) is 3. The number of nitrogens with one attached hydrogen (secondary N) is 3. The second kappa shape index (κ2) is 4.02. The smallest absolute Gasteiger partial charge is 0.278 e. The Morgan fingerprint density at radius 3 is 3.24 bits per heavy atom. The number of hydrogen-bond acceptors (Lipinski definition) is 5. The molecule has 0 spiro atoms. The van der Waals surface area contributed by atoms with Gasteiger partial charge in [-0.15, -0.1) is 0 Å². The second-order valence-electron chi connectivity index (χ2n) is 3.50. The molecule has 0 unspecified atom stereocenters. The van der Waals surface area contributed by atoms with E-state index in [1.165, 1.54) is 6.33 Å². The molecule has 86 valence electrons. The van der Waals surface area contributed by atoms with E-state index in [1.54, 1.807) is 11.3 Å². The van der Waals surface area contributed by atoms with E-state index in [0.717, 1.165) is 5.56 Å². The highest BCUT2D eigenvalue weighted by atomic mass is 32.1. The van der Waals surface area contributed by atoms with Crippen LogP contribution < -0.4 is 10.9 Å². The van der Waals surface area contributed by atoms with Crippen LogP contribution in [0.3, 0.4) is 0 Å². The summed E-state index contributed by atoms with van der Waals surface area (Å²) in [6.45, 7) is 0.627. The van der Waals surface area contributed by atoms with E-state index in [2.05, 4.69) is 25.3 Å². The summed E-state index contributed by atoms with van der Waals surface area (Å²) in [4.78, 5) is 25.2. The molecule has 3 aromatic rings. The Morgan fingerprint density at radius 2 is 2.41 bits per heavy atom. The summed E-state index contributed by atoms with van der Waals surface area (Å²) < 4.78 is 0. The van der Waals surface area contributed by atoms with Crippen molar-refractivity contribution in [3.05, 3.63) is 39.1 Å². The molecule has 7 heteroatoms. The predicted octanol–water partition coefficient (Wildman–Crippen LogP) is 1.32. The molecule has 6 nitrogen and oxygen atoms in total. The first-order valence-electron chi connectivity index (χ1n) is 5.01. The molecule has 0 saturated heterocycles. The third kappa shape index (κ3) is 1.92. The number of H-pyrrole nitrogens is 2. The number of nitrogens with zero attached hydrogens (tertiary/aromatic N) is 2. The molecular weight excluding hydrogens is 238 g/mol. The van der Waals surface area contributed by atoms with Gasteiger partial charge in [-0.05, 0) is 22.4 Å². The van der Waals surface area contributed by atoms with Crippen LogP contribution in [-0.2, 0) is 6.54 Å². The Morgan fingerprint density at radius 1 is 1.47 bits per heavy atom. The van der Waals surface area contributed by atoms with Gasteiger partial charge in [0.25, 0.3) is 5.56 Å². The first kappa shape index (κ1) is 10.0. The van der Waals surface area contributed by atoms with Gasteiger partial charge in [0.15, 0.2) is 11.2 Å². The number of anilines is 1. The largest absolute Gasteiger partial charge is 0.352 e. The van der Waals surface area contributed by atoms with Crippen LogP contribution in [0.4, 0.5) is 5.95 Å². The van der Waals surface area contributed by atoms with Gasteiger partial charge in [-0.1, -0.05) is 0 Å². The van der Waals surface area contributed by atoms with Crippen LogP contribution in [0, 0.1) is 0 Å². The summed E-state index contributed by atoms with van der Waals surface area (Å²) in [7, 11) is 0. The third-order valence-corrected chi connectivity index (χ3v) is 3.07. The summed E-state index contributed by atoms with van der Waals surface area (Å²) in [6, 6.07) is 2.02. The summed E-state index contributed by atoms with van der Waals surface area (Å²) in [5.41, 5.74) is 1.74. The lowest BCUT2D eigenvalue weighted by Crippen LogP contribution is -2.13. The van der Waals surface area contributed by atoms with Crippen molar-refractivity contribution in [1.82, 2.24) is 19.9 Å². The van der Waals surface area contributed by atoms with Crippen LogP contribution in [0.2, 0.25) is 0 Å². The number of thiophene rings is 1. The Labute approximate surface area is 99.8 Å². The predicted molar refractivity (Wildman–Crippen MR) is 66.2 cm³/mol. The molecule has 3 aromatic heterocycles. The van der Waals surface area contributed by atoms with Crippen LogP contribution in [0.1, 0.15) is 5.56 Å². The average Bonchev–Trinajstić information content (AvgIpc) is 2.97. The number of fused-ring (bicyclic) bond motifs is 1. The van der Waals surface area contributed by atoms with E-state index < -0.39 is 0 Å². The summed E-state index contributed by atoms with van der Waals surface area (Å²) in [5, 5.41) is 7.10. The Kier molecular flexibility index (Phi) is 2.37. The fourth-order valence-corrected chi connectivity index (χ4v) is 2.17. The average molecular weight is 247 g/mol. The molecule has 0 amide bonds. The number of rotatable bonds is 3. The van der Waals surface area contributed by atoms with Gasteiger partial charge in [0, 0.05) is 6.54 Å². The lowest BCUT2D eigenvalue weighted by Gasteiger charge is -2.02. The normalized spacial score (nSPS) is 10.8. The molecule has 3 rings (SSSR count). The molecule has 0 fully saturated rings. The zero-order valence-corrected chi connectivity index (χ0v) is 9.54. The van der Waals surface area contributed by atoms with Crippen molar-refractivity contribution in [2.75, 3.05) is 5.32 Å². The molecule has 3 heterocycles. The van der Waals surface area contributed by atoms with Crippen molar-refractivity contribution in [3.63, 3.8) is 0 Å². The molecule has 17 heavy (non-hydrogen) atoms. The fourth-order valence-electron chi connectivity index (χ4n) is 1.51. The topological polar surface area (TPSA) is 86.5 Å². The van der Waals surface area contributed by atoms with E-state index in [1.807, 2.05) is 16.8 Å². The molecular formula is C10H9N5OS. The van der Waals surface area contributed by atoms with Gasteiger partial charge in [0.05, 0.1) is 6.33 Å². The van der Waals surface area contributed by atoms with Crippen LogP contribution >= 0.6 is 11.3 Å². The number of aromatic nitrogens is 4. The molecule has 0 bridgehead atoms. The van der Waals surface area contributed by atoms with Crippen molar-refractivity contribution >= 4 is 28.4 Å². The molecule has 0 saturated carbocycles. The fraction of sp³-hybridized carbons (Fsp3) is 0.100. The molecule has 0 aliphatic heterocycles. The lowest BCUT2D eigenvalue weighted by atomic mass is 10.3. The van der Waals surface area contributed by atoms with E-state index in [0.29, 0.717) is 23.7 Å². The molecule has 0 aromatic carbocycles. The summed E-state index contributed by atoms with van der Waals surface area (Å²) >= 11 is 1.63. The molecule has 0 atom stereocenters. The highest BCUT2D eigenvalue weighted by Gasteiger charge is 2.05. The second-order valence-corrected chi connectivity index (χ2v) is 4.28. The van der Waals surface area contributed by atoms with Crippen molar-refractivity contribution in [2.24, 2.45) is 0 Å². The maximum atomic E-state index is 11.6. The zero-order valence-electron chi connectivity index (χ0n) is 8.73. The van der Waals surface area contributed by atoms with Gasteiger partial charge < -0.3 is 10.3 Å². The first-order valence-corrected chi connectivity index (χ1v) is 5.95. The standard InChI is InChI=1S/C10H9N5OS/c16-9-7-8(13-5-12-7)14-10(15-9)11-3-6-1-2-17-4-6/h1-2,4-5H,3H2,(H3,11,12,13,14,15,16). The first-order chi connectivity index (χ1) is 8.33. The van der Waals surface area contributed by atoms with Crippen molar-refractivity contribution in [2.45, 2.75) is 6.54 Å². The van der Waals surface area contributed by atoms with Gasteiger partial charge in [0.2, 0.25) is 5.95 Å². The van der Waals surface area contributed by atoms with E-state index in [9.17, 15) is 4.79 Å². The van der Waals surface area contributed by atoms with E-state index >= 15 is 0 Å². The van der Waals surface area contributed by atoms with Gasteiger partial charge in [-0.25, -0.2) is 4.98 Å². The molecule has 0 radical (unpaired) electrons. The minimum Gasteiger partial charge on any atom is -0.352 e. The van der Waals surface area contributed by atoms with Gasteiger partial charge in [-0.3, -0.25) is 9.78 Å². The highest BCUT2D eigenvalue weighted by molar-refractivity contribution is 7.07. The maximum absolute atomic E-state index is 11.6. The van der Waals surface area contributed by atoms with E-state index in [4.69, 9.17) is 0 Å². The van der Waals surface area contributed by atoms with Crippen LogP contribution in [0.5, 0.6) is 0 Å². The molecule has 0 aliphatic rings. The Hall–Kier alpha value is -2.15. The van der Waals surface area contributed by atoms with Crippen LogP contribution in [-0.4, -0.2) is 19.9 Å². The van der Waals surface area contributed by atoms with Crippen molar-refractivity contribution in [1.29, 1.82) is 0 Å². The van der Waals surface area contributed by atoms with Gasteiger partial charge in [0.1, 0.15) is 0 Å². The summed E-state index contributed by atoms with van der Waals surface area (Å²) in [6.07, 6.45) is 1.45.